The molecule has 0 aliphatic carbocycles. The van der Waals surface area contributed by atoms with Crippen molar-refractivity contribution in [2.75, 3.05) is 92.9 Å². The van der Waals surface area contributed by atoms with Crippen molar-refractivity contribution in [1.29, 1.82) is 0 Å². The fraction of sp³-hybridized carbons (Fsp3) is 0.687. The Bertz CT molecular complexity index is 2800. The van der Waals surface area contributed by atoms with Crippen LogP contribution in [0.25, 0.3) is 10.4 Å². The third-order valence-corrected chi connectivity index (χ3v) is 17.1. The van der Waals surface area contributed by atoms with Crippen LogP contribution in [-0.2, 0) is 68.6 Å². The number of amides is 10. The molecule has 2 aromatic rings. The van der Waals surface area contributed by atoms with E-state index in [2.05, 4.69) is 41.9 Å². The van der Waals surface area contributed by atoms with Crippen molar-refractivity contribution in [2.45, 2.75) is 181 Å². The molecule has 9 N–H and O–H groups in total. The SMILES string of the molecule is CC[C@H](C)[C@@H]([C@@H](CC(=O)N1CCC[C@H]1[C@H](OC)[C@@H](C)C(=O)N[C@H](C)[C@@H](O)c1ccccc1)OC)N(C)C(=O)[C@@H](NC(=O)[C@H](C(C)C)N(C)C(=O)OCc1ccc(NC(=O)[C@H](CCCNC(N)=O)NC(=O)[C@@H](NC(=O)CCOCCOCCOCCN=[N+]=[N-])C(C)C)cc1)C(C)C. The van der Waals surface area contributed by atoms with Crippen LogP contribution in [0.3, 0.4) is 0 Å². The Hall–Kier alpha value is -7.66. The first-order chi connectivity index (χ1) is 45.6. The van der Waals surface area contributed by atoms with E-state index in [1.165, 1.54) is 26.2 Å². The smallest absolute Gasteiger partial charge is 0.410 e. The van der Waals surface area contributed by atoms with Gasteiger partial charge in [-0.1, -0.05) is 116 Å². The van der Waals surface area contributed by atoms with Gasteiger partial charge in [0.05, 0.1) is 88.4 Å². The standard InChI is InChI=1S/C67H109N13O16/c1-15-44(8)58(52(91-13)39-54(82)80-32-20-24-51(80)60(92-14)45(9)61(84)72-46(10)59(83)48-21-17-16-18-22-48)78(11)65(88)56(42(4)5)76-64(87)57(43(6)7)79(12)67(90)96-40-47-25-27-49(28-26-47)73-62(85)50(23-19-30-70-66(68)89)74-63(86)55(41(2)3)75-53(81)29-33-93-35-37-95-38-36-94-34-31-71-77-69/h16-18,21-22,25-28,41-46,50-52,55-60,83H,15,19-20,23-24,29-40H2,1-14H3,(H,72,84)(H,73,85)(H,74,86)(H,75,81)(H,76,87)(H3,68,70,89)/t44-,45+,46+,50-,51-,52+,55-,56-,57-,58-,59+,60+/m0/s1. The third kappa shape index (κ3) is 27.1. The van der Waals surface area contributed by atoms with Crippen LogP contribution in [0.1, 0.15) is 131 Å². The van der Waals surface area contributed by atoms with Gasteiger partial charge in [0.1, 0.15) is 30.8 Å². The highest BCUT2D eigenvalue weighted by molar-refractivity contribution is 5.98. The molecule has 1 fully saturated rings. The lowest BCUT2D eigenvalue weighted by atomic mass is 9.89. The zero-order chi connectivity index (χ0) is 71.6. The molecular formula is C67H109N13O16. The normalized spacial score (nSPS) is 16.4. The van der Waals surface area contributed by atoms with Crippen molar-refractivity contribution >= 4 is 59.2 Å². The predicted molar refractivity (Wildman–Crippen MR) is 360 cm³/mol. The van der Waals surface area contributed by atoms with Crippen LogP contribution in [0, 0.1) is 29.6 Å². The number of primary amides is 1. The van der Waals surface area contributed by atoms with Crippen LogP contribution in [0.2, 0.25) is 0 Å². The Labute approximate surface area is 566 Å². The second kappa shape index (κ2) is 43.5. The Morgan fingerprint density at radius 2 is 1.36 bits per heavy atom. The number of likely N-dealkylation sites (tertiary alicyclic amines) is 1. The number of aliphatic hydroxyl groups is 1. The molecule has 1 aliphatic heterocycles. The van der Waals surface area contributed by atoms with E-state index in [0.29, 0.717) is 55.8 Å². The van der Waals surface area contributed by atoms with Crippen LogP contribution in [-0.4, -0.2) is 215 Å². The first-order valence-corrected chi connectivity index (χ1v) is 33.3. The van der Waals surface area contributed by atoms with Gasteiger partial charge in [-0.05, 0) is 85.1 Å². The molecule has 96 heavy (non-hydrogen) atoms. The number of methoxy groups -OCH3 is 2. The molecule has 10 amide bonds. The molecule has 0 spiro atoms. The summed E-state index contributed by atoms with van der Waals surface area (Å²) >= 11 is 0. The molecule has 12 atom stereocenters. The van der Waals surface area contributed by atoms with Gasteiger partial charge in [0.2, 0.25) is 41.4 Å². The monoisotopic (exact) mass is 1350 g/mol. The largest absolute Gasteiger partial charge is 0.445 e. The van der Waals surface area contributed by atoms with Crippen LogP contribution < -0.4 is 37.6 Å². The van der Waals surface area contributed by atoms with E-state index >= 15 is 0 Å². The number of likely N-dealkylation sites (N-methyl/N-ethyl adjacent to an activating group) is 2. The fourth-order valence-corrected chi connectivity index (χ4v) is 11.5. The van der Waals surface area contributed by atoms with Gasteiger partial charge in [-0.25, -0.2) is 9.59 Å². The fourth-order valence-electron chi connectivity index (χ4n) is 11.5. The zero-order valence-corrected chi connectivity index (χ0v) is 58.7. The zero-order valence-electron chi connectivity index (χ0n) is 58.7. The molecule has 1 saturated heterocycles. The number of nitrogens with zero attached hydrogens (tertiary/aromatic N) is 6. The first kappa shape index (κ1) is 82.6. The lowest BCUT2D eigenvalue weighted by Gasteiger charge is -2.41. The number of ether oxygens (including phenoxy) is 6. The lowest BCUT2D eigenvalue weighted by Crippen LogP contribution is -2.60. The van der Waals surface area contributed by atoms with Gasteiger partial charge in [0.15, 0.2) is 0 Å². The summed E-state index contributed by atoms with van der Waals surface area (Å²) in [5, 5.41) is 31.0. The van der Waals surface area contributed by atoms with E-state index in [9.17, 15) is 48.3 Å². The number of urea groups is 1. The van der Waals surface area contributed by atoms with E-state index in [0.717, 1.165) is 0 Å². The van der Waals surface area contributed by atoms with E-state index in [1.54, 1.807) is 109 Å². The van der Waals surface area contributed by atoms with E-state index in [1.807, 2.05) is 32.0 Å². The summed E-state index contributed by atoms with van der Waals surface area (Å²) < 4.78 is 33.9. The summed E-state index contributed by atoms with van der Waals surface area (Å²) in [6, 6.07) is 8.74. The van der Waals surface area contributed by atoms with Gasteiger partial charge in [-0.2, -0.15) is 0 Å². The highest BCUT2D eigenvalue weighted by Gasteiger charge is 2.44. The Balaban J connectivity index is 1.65. The number of aliphatic hydroxyl groups excluding tert-OH is 1. The summed E-state index contributed by atoms with van der Waals surface area (Å²) in [5.41, 5.74) is 15.1. The quantitative estimate of drug-likeness (QED) is 0.0180. The first-order valence-electron chi connectivity index (χ1n) is 33.3. The summed E-state index contributed by atoms with van der Waals surface area (Å²) in [6.45, 7) is 20.0. The maximum atomic E-state index is 14.8. The number of nitrogens with one attached hydrogen (secondary N) is 6. The number of azide groups is 1. The predicted octanol–water partition coefficient (Wildman–Crippen LogP) is 5.34. The van der Waals surface area contributed by atoms with Gasteiger partial charge >= 0.3 is 12.1 Å². The number of nitrogens with two attached hydrogens (primary N) is 1. The molecule has 0 aromatic heterocycles. The van der Waals surface area contributed by atoms with Crippen LogP contribution in [0.15, 0.2) is 59.7 Å². The Morgan fingerprint density at radius 1 is 0.740 bits per heavy atom. The maximum Gasteiger partial charge on any atom is 0.410 e. The number of benzene rings is 2. The molecule has 29 heteroatoms. The van der Waals surface area contributed by atoms with E-state index in [-0.39, 0.29) is 95.5 Å². The number of hydrogen-bond donors (Lipinski definition) is 8. The lowest BCUT2D eigenvalue weighted by molar-refractivity contribution is -0.148. The van der Waals surface area contributed by atoms with E-state index in [4.69, 9.17) is 39.7 Å². The Morgan fingerprint density at radius 3 is 1.94 bits per heavy atom. The van der Waals surface area contributed by atoms with Crippen LogP contribution >= 0.6 is 0 Å². The van der Waals surface area contributed by atoms with Gasteiger partial charge in [0.25, 0.3) is 0 Å². The van der Waals surface area contributed by atoms with Crippen molar-refractivity contribution in [3.8, 4) is 0 Å². The number of rotatable bonds is 44. The summed E-state index contributed by atoms with van der Waals surface area (Å²) in [5.74, 6) is -5.34. The molecule has 2 aromatic carbocycles. The van der Waals surface area contributed by atoms with Gasteiger partial charge in [0, 0.05) is 65.0 Å². The third-order valence-electron chi connectivity index (χ3n) is 17.1. The molecule has 0 bridgehead atoms. The second-order valence-corrected chi connectivity index (χ2v) is 25.3. The van der Waals surface area contributed by atoms with Crippen molar-refractivity contribution in [1.82, 2.24) is 41.3 Å². The number of hydrogen-bond acceptors (Lipinski definition) is 17. The molecule has 1 aliphatic rings. The molecule has 0 radical (unpaired) electrons. The second-order valence-electron chi connectivity index (χ2n) is 25.3. The van der Waals surface area contributed by atoms with Crippen LogP contribution in [0.4, 0.5) is 15.3 Å². The minimum Gasteiger partial charge on any atom is -0.445 e. The molecule has 3 rings (SSSR count). The highest BCUT2D eigenvalue weighted by atomic mass is 16.6. The maximum absolute atomic E-state index is 14.8. The molecular weight excluding hydrogens is 1240 g/mol. The molecule has 1 heterocycles. The van der Waals surface area contributed by atoms with Crippen molar-refractivity contribution in [2.24, 2.45) is 40.4 Å². The number of carbonyl (C=O) groups excluding carboxylic acids is 9. The molecule has 538 valence electrons. The average Bonchev–Trinajstić information content (AvgIpc) is 1.50. The van der Waals surface area contributed by atoms with Crippen molar-refractivity contribution in [3.05, 3.63) is 76.2 Å². The van der Waals surface area contributed by atoms with Gasteiger partial charge in [-0.15, -0.1) is 0 Å². The van der Waals surface area contributed by atoms with Gasteiger partial charge in [-0.3, -0.25) is 38.5 Å². The summed E-state index contributed by atoms with van der Waals surface area (Å²) in [7, 11) is 6.08. The molecule has 0 unspecified atom stereocenters. The summed E-state index contributed by atoms with van der Waals surface area (Å²) in [6.07, 6.45) is -1.12. The minimum atomic E-state index is -1.11. The topological polar surface area (TPSA) is 386 Å². The minimum absolute atomic E-state index is 0.0506. The van der Waals surface area contributed by atoms with Crippen molar-refractivity contribution < 1.29 is 76.7 Å². The molecule has 0 saturated carbocycles. The highest BCUT2D eigenvalue weighted by Crippen LogP contribution is 2.30. The van der Waals surface area contributed by atoms with Crippen molar-refractivity contribution in [3.63, 3.8) is 0 Å². The summed E-state index contributed by atoms with van der Waals surface area (Å²) in [4.78, 5) is 130. The van der Waals surface area contributed by atoms with Crippen LogP contribution in [0.5, 0.6) is 0 Å². The van der Waals surface area contributed by atoms with Gasteiger partial charge < -0.3 is 81.0 Å². The number of carbonyl (C=O) groups is 9. The van der Waals surface area contributed by atoms with E-state index < -0.39 is 120 Å². The Kier molecular flexibility index (Phi) is 37.4. The molecule has 29 nitrogen and oxygen atoms in total. The number of anilines is 1. The average molecular weight is 1350 g/mol.